The Balaban J connectivity index is 2.19. The number of rotatable bonds is 6. The van der Waals surface area contributed by atoms with Crippen LogP contribution in [0.3, 0.4) is 0 Å². The number of carbonyl (C=O) groups is 1. The molecule has 0 aromatic rings. The summed E-state index contributed by atoms with van der Waals surface area (Å²) in [7, 11) is 0. The van der Waals surface area contributed by atoms with Gasteiger partial charge in [0.1, 0.15) is 6.04 Å². The summed E-state index contributed by atoms with van der Waals surface area (Å²) < 4.78 is 5.09. The summed E-state index contributed by atoms with van der Waals surface area (Å²) in [5.74, 6) is -0.746. The fourth-order valence-electron chi connectivity index (χ4n) is 1.72. The second-order valence-corrected chi connectivity index (χ2v) is 3.37. The predicted octanol–water partition coefficient (Wildman–Crippen LogP) is -0.456. The molecule has 14 heavy (non-hydrogen) atoms. The zero-order valence-electron chi connectivity index (χ0n) is 8.19. The predicted molar refractivity (Wildman–Crippen MR) is 50.1 cm³/mol. The Morgan fingerprint density at radius 3 is 2.93 bits per heavy atom. The van der Waals surface area contributed by atoms with E-state index in [9.17, 15) is 4.79 Å². The summed E-state index contributed by atoms with van der Waals surface area (Å²) in [6.45, 7) is 2.30. The number of aliphatic carboxylic acids is 1. The average molecular weight is 203 g/mol. The average Bonchev–Trinajstić information content (AvgIpc) is 2.60. The standard InChI is InChI=1S/C9H17NO4/c11-5-7-14-6-4-10-3-1-2-8(10)9(12)13/h8,11H,1-7H2,(H,12,13). The molecule has 1 aliphatic rings. The van der Waals surface area contributed by atoms with Gasteiger partial charge < -0.3 is 14.9 Å². The summed E-state index contributed by atoms with van der Waals surface area (Å²) in [4.78, 5) is 12.7. The third-order valence-corrected chi connectivity index (χ3v) is 2.41. The number of nitrogens with zero attached hydrogens (tertiary/aromatic N) is 1. The van der Waals surface area contributed by atoms with Crippen LogP contribution < -0.4 is 0 Å². The normalized spacial score (nSPS) is 22.8. The Hall–Kier alpha value is -0.650. The summed E-state index contributed by atoms with van der Waals surface area (Å²) in [5, 5.41) is 17.3. The van der Waals surface area contributed by atoms with Gasteiger partial charge in [0.2, 0.25) is 0 Å². The Bertz CT molecular complexity index is 186. The number of ether oxygens (including phenoxy) is 1. The van der Waals surface area contributed by atoms with Gasteiger partial charge in [-0.3, -0.25) is 9.69 Å². The lowest BCUT2D eigenvalue weighted by atomic mass is 10.2. The third kappa shape index (κ3) is 3.25. The van der Waals surface area contributed by atoms with Crippen molar-refractivity contribution in [2.24, 2.45) is 0 Å². The lowest BCUT2D eigenvalue weighted by molar-refractivity contribution is -0.142. The van der Waals surface area contributed by atoms with Crippen LogP contribution in [0, 0.1) is 0 Å². The number of carboxylic acid groups (broad SMARTS) is 1. The second kappa shape index (κ2) is 5.95. The number of hydrogen-bond acceptors (Lipinski definition) is 4. The Morgan fingerprint density at radius 1 is 1.50 bits per heavy atom. The van der Waals surface area contributed by atoms with Gasteiger partial charge in [0.25, 0.3) is 0 Å². The van der Waals surface area contributed by atoms with Crippen LogP contribution in [0.4, 0.5) is 0 Å². The van der Waals surface area contributed by atoms with Crippen molar-refractivity contribution < 1.29 is 19.7 Å². The minimum absolute atomic E-state index is 0.0162. The fourth-order valence-corrected chi connectivity index (χ4v) is 1.72. The molecule has 1 unspecified atom stereocenters. The van der Waals surface area contributed by atoms with Gasteiger partial charge in [-0.25, -0.2) is 0 Å². The fraction of sp³-hybridized carbons (Fsp3) is 0.889. The molecule has 1 fully saturated rings. The van der Waals surface area contributed by atoms with Crippen molar-refractivity contribution in [3.63, 3.8) is 0 Å². The maximum Gasteiger partial charge on any atom is 0.320 e. The smallest absolute Gasteiger partial charge is 0.320 e. The molecule has 0 amide bonds. The lowest BCUT2D eigenvalue weighted by Gasteiger charge is -2.20. The van der Waals surface area contributed by atoms with E-state index in [1.807, 2.05) is 4.90 Å². The summed E-state index contributed by atoms with van der Waals surface area (Å²) in [6, 6.07) is -0.340. The van der Waals surface area contributed by atoms with E-state index in [1.54, 1.807) is 0 Å². The quantitative estimate of drug-likeness (QED) is 0.572. The molecule has 0 bridgehead atoms. The summed E-state index contributed by atoms with van der Waals surface area (Å²) in [5.41, 5.74) is 0. The molecule has 0 aliphatic carbocycles. The van der Waals surface area contributed by atoms with Crippen molar-refractivity contribution in [1.82, 2.24) is 4.90 Å². The zero-order valence-corrected chi connectivity index (χ0v) is 8.19. The van der Waals surface area contributed by atoms with Crippen molar-refractivity contribution in [2.45, 2.75) is 18.9 Å². The molecule has 5 nitrogen and oxygen atoms in total. The number of aliphatic hydroxyl groups excluding tert-OH is 1. The molecule has 1 rings (SSSR count). The van der Waals surface area contributed by atoms with Crippen LogP contribution in [0.25, 0.3) is 0 Å². The van der Waals surface area contributed by atoms with Gasteiger partial charge in [-0.05, 0) is 19.4 Å². The molecule has 0 radical (unpaired) electrons. The Morgan fingerprint density at radius 2 is 2.29 bits per heavy atom. The van der Waals surface area contributed by atoms with Crippen LogP contribution in [0.2, 0.25) is 0 Å². The van der Waals surface area contributed by atoms with Crippen molar-refractivity contribution in [2.75, 3.05) is 32.9 Å². The van der Waals surface area contributed by atoms with E-state index in [2.05, 4.69) is 0 Å². The first-order valence-corrected chi connectivity index (χ1v) is 4.91. The number of likely N-dealkylation sites (tertiary alicyclic amines) is 1. The summed E-state index contributed by atoms with van der Waals surface area (Å²) >= 11 is 0. The third-order valence-electron chi connectivity index (χ3n) is 2.41. The zero-order chi connectivity index (χ0) is 10.4. The van der Waals surface area contributed by atoms with Crippen molar-refractivity contribution in [1.29, 1.82) is 0 Å². The first kappa shape index (κ1) is 11.4. The van der Waals surface area contributed by atoms with Gasteiger partial charge in [-0.15, -0.1) is 0 Å². The molecule has 0 saturated carbocycles. The topological polar surface area (TPSA) is 70.0 Å². The van der Waals surface area contributed by atoms with Gasteiger partial charge in [0.05, 0.1) is 19.8 Å². The minimum Gasteiger partial charge on any atom is -0.480 e. The van der Waals surface area contributed by atoms with Crippen LogP contribution in [0.15, 0.2) is 0 Å². The van der Waals surface area contributed by atoms with E-state index in [0.29, 0.717) is 19.8 Å². The van der Waals surface area contributed by atoms with Gasteiger partial charge in [-0.2, -0.15) is 0 Å². The van der Waals surface area contributed by atoms with E-state index in [4.69, 9.17) is 14.9 Å². The monoisotopic (exact) mass is 203 g/mol. The van der Waals surface area contributed by atoms with Crippen molar-refractivity contribution in [3.8, 4) is 0 Å². The molecule has 0 spiro atoms. The number of aliphatic hydroxyl groups is 1. The maximum atomic E-state index is 10.8. The highest BCUT2D eigenvalue weighted by Crippen LogP contribution is 2.16. The lowest BCUT2D eigenvalue weighted by Crippen LogP contribution is -2.38. The number of hydrogen-bond donors (Lipinski definition) is 2. The van der Waals surface area contributed by atoms with E-state index in [-0.39, 0.29) is 12.6 Å². The molecular weight excluding hydrogens is 186 g/mol. The SMILES string of the molecule is O=C(O)C1CCCN1CCOCCO. The Labute approximate surface area is 83.3 Å². The van der Waals surface area contributed by atoms with E-state index in [1.165, 1.54) is 0 Å². The van der Waals surface area contributed by atoms with Crippen molar-refractivity contribution >= 4 is 5.97 Å². The van der Waals surface area contributed by atoms with E-state index >= 15 is 0 Å². The molecule has 1 saturated heterocycles. The van der Waals surface area contributed by atoms with Crippen LogP contribution in [-0.4, -0.2) is 60.0 Å². The van der Waals surface area contributed by atoms with E-state index < -0.39 is 5.97 Å². The highest BCUT2D eigenvalue weighted by molar-refractivity contribution is 5.73. The molecule has 1 aliphatic heterocycles. The Kier molecular flexibility index (Phi) is 4.86. The molecule has 1 heterocycles. The molecule has 0 aromatic carbocycles. The van der Waals surface area contributed by atoms with Gasteiger partial charge in [0.15, 0.2) is 0 Å². The molecular formula is C9H17NO4. The minimum atomic E-state index is -0.746. The molecule has 0 aromatic heterocycles. The van der Waals surface area contributed by atoms with Gasteiger partial charge in [-0.1, -0.05) is 0 Å². The molecule has 5 heteroatoms. The van der Waals surface area contributed by atoms with Crippen LogP contribution in [-0.2, 0) is 9.53 Å². The van der Waals surface area contributed by atoms with Crippen LogP contribution in [0.1, 0.15) is 12.8 Å². The van der Waals surface area contributed by atoms with Crippen molar-refractivity contribution in [3.05, 3.63) is 0 Å². The first-order valence-electron chi connectivity index (χ1n) is 4.91. The number of carboxylic acids is 1. The molecule has 1 atom stereocenters. The van der Waals surface area contributed by atoms with Gasteiger partial charge in [0, 0.05) is 6.54 Å². The highest BCUT2D eigenvalue weighted by Gasteiger charge is 2.29. The van der Waals surface area contributed by atoms with Crippen LogP contribution >= 0.6 is 0 Å². The van der Waals surface area contributed by atoms with Gasteiger partial charge >= 0.3 is 5.97 Å². The second-order valence-electron chi connectivity index (χ2n) is 3.37. The van der Waals surface area contributed by atoms with E-state index in [0.717, 1.165) is 19.4 Å². The molecule has 82 valence electrons. The molecule has 2 N–H and O–H groups in total. The first-order chi connectivity index (χ1) is 6.75. The maximum absolute atomic E-state index is 10.8. The van der Waals surface area contributed by atoms with Crippen LogP contribution in [0.5, 0.6) is 0 Å². The largest absolute Gasteiger partial charge is 0.480 e. The highest BCUT2D eigenvalue weighted by atomic mass is 16.5. The summed E-state index contributed by atoms with van der Waals surface area (Å²) in [6.07, 6.45) is 1.67.